The molecule has 0 radical (unpaired) electrons. The normalized spacial score (nSPS) is 11.8. The molecule has 5 nitrogen and oxygen atoms in total. The molecular formula is C18H22N2O3. The van der Waals surface area contributed by atoms with Gasteiger partial charge in [-0.05, 0) is 30.2 Å². The zero-order chi connectivity index (χ0) is 16.7. The zero-order valence-corrected chi connectivity index (χ0v) is 13.8. The van der Waals surface area contributed by atoms with Gasteiger partial charge in [0.1, 0.15) is 5.75 Å². The molecule has 1 aromatic heterocycles. The molecule has 23 heavy (non-hydrogen) atoms. The van der Waals surface area contributed by atoms with Crippen molar-refractivity contribution in [3.8, 4) is 22.9 Å². The van der Waals surface area contributed by atoms with Crippen LogP contribution in [-0.2, 0) is 4.79 Å². The van der Waals surface area contributed by atoms with Crippen LogP contribution in [0, 0.1) is 5.92 Å². The number of ether oxygens (including phenoxy) is 2. The van der Waals surface area contributed by atoms with E-state index in [1.807, 2.05) is 24.3 Å². The van der Waals surface area contributed by atoms with Crippen molar-refractivity contribution in [1.82, 2.24) is 9.97 Å². The monoisotopic (exact) mass is 314 g/mol. The Bertz CT molecular complexity index is 624. The molecule has 0 spiro atoms. The first-order chi connectivity index (χ1) is 11.1. The van der Waals surface area contributed by atoms with Gasteiger partial charge in [-0.15, -0.1) is 0 Å². The van der Waals surface area contributed by atoms with E-state index in [0.717, 1.165) is 23.4 Å². The summed E-state index contributed by atoms with van der Waals surface area (Å²) in [6.45, 7) is 6.76. The maximum atomic E-state index is 11.2. The summed E-state index contributed by atoms with van der Waals surface area (Å²) < 4.78 is 10.7. The number of carbonyl (C=O) groups excluding carboxylic acids is 1. The fourth-order valence-corrected chi connectivity index (χ4v) is 1.79. The lowest BCUT2D eigenvalue weighted by Gasteiger charge is -2.11. The van der Waals surface area contributed by atoms with Crippen LogP contribution in [0.3, 0.4) is 0 Å². The second-order valence-electron chi connectivity index (χ2n) is 5.42. The molecule has 0 fully saturated rings. The van der Waals surface area contributed by atoms with Crippen molar-refractivity contribution in [2.24, 2.45) is 5.92 Å². The first-order valence-electron chi connectivity index (χ1n) is 7.88. The summed E-state index contributed by atoms with van der Waals surface area (Å²) in [6, 6.07) is 7.72. The molecule has 1 unspecified atom stereocenters. The lowest BCUT2D eigenvalue weighted by atomic mass is 10.1. The topological polar surface area (TPSA) is 61.3 Å². The summed E-state index contributed by atoms with van der Waals surface area (Å²) >= 11 is 0. The van der Waals surface area contributed by atoms with Crippen molar-refractivity contribution in [2.75, 3.05) is 6.61 Å². The van der Waals surface area contributed by atoms with E-state index in [0.29, 0.717) is 18.9 Å². The Labute approximate surface area is 136 Å². The molecule has 122 valence electrons. The highest BCUT2D eigenvalue weighted by molar-refractivity contribution is 5.71. The van der Waals surface area contributed by atoms with Crippen LogP contribution in [0.25, 0.3) is 11.3 Å². The van der Waals surface area contributed by atoms with Crippen molar-refractivity contribution < 1.29 is 14.3 Å². The number of esters is 1. The van der Waals surface area contributed by atoms with Gasteiger partial charge in [-0.1, -0.05) is 27.2 Å². The minimum Gasteiger partial charge on any atom is -0.493 e. The molecule has 0 amide bonds. The number of benzene rings is 1. The van der Waals surface area contributed by atoms with Crippen LogP contribution < -0.4 is 9.47 Å². The van der Waals surface area contributed by atoms with Crippen LogP contribution in [0.15, 0.2) is 36.7 Å². The second kappa shape index (κ2) is 8.27. The maximum Gasteiger partial charge on any atom is 0.312 e. The summed E-state index contributed by atoms with van der Waals surface area (Å²) in [7, 11) is 0. The minimum atomic E-state index is -0.324. The van der Waals surface area contributed by atoms with Gasteiger partial charge in [-0.25, -0.2) is 9.97 Å². The lowest BCUT2D eigenvalue weighted by molar-refractivity contribution is -0.134. The maximum absolute atomic E-state index is 11.2. The van der Waals surface area contributed by atoms with E-state index in [-0.39, 0.29) is 11.8 Å². The molecule has 5 heteroatoms. The third-order valence-corrected chi connectivity index (χ3v) is 3.52. The predicted molar refractivity (Wildman–Crippen MR) is 88.3 cm³/mol. The van der Waals surface area contributed by atoms with Crippen LogP contribution >= 0.6 is 0 Å². The first-order valence-corrected chi connectivity index (χ1v) is 7.88. The van der Waals surface area contributed by atoms with Crippen molar-refractivity contribution in [3.63, 3.8) is 0 Å². The number of hydrogen-bond acceptors (Lipinski definition) is 5. The van der Waals surface area contributed by atoms with Gasteiger partial charge >= 0.3 is 5.97 Å². The molecule has 0 aliphatic carbocycles. The third kappa shape index (κ3) is 5.06. The Morgan fingerprint density at radius 1 is 1.13 bits per heavy atom. The molecule has 0 aliphatic heterocycles. The highest BCUT2D eigenvalue weighted by Crippen LogP contribution is 2.21. The Morgan fingerprint density at radius 2 is 1.87 bits per heavy atom. The summed E-state index contributed by atoms with van der Waals surface area (Å²) in [6.07, 6.45) is 4.45. The average molecular weight is 314 g/mol. The molecule has 1 heterocycles. The number of hydrogen-bond donors (Lipinski definition) is 0. The quantitative estimate of drug-likeness (QED) is 0.726. The van der Waals surface area contributed by atoms with Crippen LogP contribution in [0.1, 0.15) is 33.6 Å². The number of carbonyl (C=O) groups is 1. The van der Waals surface area contributed by atoms with Gasteiger partial charge in [0.15, 0.2) is 0 Å². The highest BCUT2D eigenvalue weighted by Gasteiger charge is 2.06. The van der Waals surface area contributed by atoms with Crippen molar-refractivity contribution in [2.45, 2.75) is 33.6 Å². The van der Waals surface area contributed by atoms with Crippen molar-refractivity contribution in [1.29, 1.82) is 0 Å². The van der Waals surface area contributed by atoms with Gasteiger partial charge in [0.2, 0.25) is 5.88 Å². The SMILES string of the molecule is CCC(=O)Oc1cnc(-c2ccc(OCC(C)CC)cc2)cn1. The molecule has 0 bridgehead atoms. The molecule has 0 N–H and O–H groups in total. The van der Waals surface area contributed by atoms with Crippen LogP contribution in [0.5, 0.6) is 11.6 Å². The molecule has 1 atom stereocenters. The van der Waals surface area contributed by atoms with E-state index >= 15 is 0 Å². The second-order valence-corrected chi connectivity index (χ2v) is 5.42. The van der Waals surface area contributed by atoms with Gasteiger partial charge in [0, 0.05) is 12.0 Å². The van der Waals surface area contributed by atoms with E-state index in [1.54, 1.807) is 13.1 Å². The number of nitrogens with zero attached hydrogens (tertiary/aromatic N) is 2. The fraction of sp³-hybridized carbons (Fsp3) is 0.389. The standard InChI is InChI=1S/C18H22N2O3/c1-4-13(3)12-22-15-8-6-14(7-9-15)16-10-20-17(11-19-16)23-18(21)5-2/h6-11,13H,4-5,12H2,1-3H3. The van der Waals surface area contributed by atoms with Gasteiger partial charge in [-0.3, -0.25) is 4.79 Å². The van der Waals surface area contributed by atoms with Gasteiger partial charge < -0.3 is 9.47 Å². The van der Waals surface area contributed by atoms with E-state index in [9.17, 15) is 4.79 Å². The summed E-state index contributed by atoms with van der Waals surface area (Å²) in [4.78, 5) is 19.6. The first kappa shape index (κ1) is 16.9. The van der Waals surface area contributed by atoms with Crippen LogP contribution in [0.4, 0.5) is 0 Å². The van der Waals surface area contributed by atoms with Gasteiger partial charge in [-0.2, -0.15) is 0 Å². The number of aromatic nitrogens is 2. The average Bonchev–Trinajstić information content (AvgIpc) is 2.60. The minimum absolute atomic E-state index is 0.217. The summed E-state index contributed by atoms with van der Waals surface area (Å²) in [5.41, 5.74) is 1.65. The Balaban J connectivity index is 2.00. The zero-order valence-electron chi connectivity index (χ0n) is 13.8. The van der Waals surface area contributed by atoms with E-state index in [1.165, 1.54) is 6.20 Å². The van der Waals surface area contributed by atoms with Crippen molar-refractivity contribution in [3.05, 3.63) is 36.7 Å². The lowest BCUT2D eigenvalue weighted by Crippen LogP contribution is -2.07. The predicted octanol–water partition coefficient (Wildman–Crippen LogP) is 3.88. The molecule has 0 aliphatic rings. The van der Waals surface area contributed by atoms with Crippen LogP contribution in [-0.4, -0.2) is 22.5 Å². The molecule has 0 saturated carbocycles. The molecule has 0 saturated heterocycles. The molecule has 1 aromatic carbocycles. The molecular weight excluding hydrogens is 292 g/mol. The summed E-state index contributed by atoms with van der Waals surface area (Å²) in [5, 5.41) is 0. The Hall–Kier alpha value is -2.43. The van der Waals surface area contributed by atoms with Crippen molar-refractivity contribution >= 4 is 5.97 Å². The Kier molecular flexibility index (Phi) is 6.09. The van der Waals surface area contributed by atoms with Gasteiger partial charge in [0.25, 0.3) is 0 Å². The fourth-order valence-electron chi connectivity index (χ4n) is 1.79. The Morgan fingerprint density at radius 3 is 2.43 bits per heavy atom. The van der Waals surface area contributed by atoms with Gasteiger partial charge in [0.05, 0.1) is 24.7 Å². The van der Waals surface area contributed by atoms with Crippen LogP contribution in [0.2, 0.25) is 0 Å². The smallest absolute Gasteiger partial charge is 0.312 e. The van der Waals surface area contributed by atoms with E-state index in [2.05, 4.69) is 23.8 Å². The third-order valence-electron chi connectivity index (χ3n) is 3.52. The molecule has 2 rings (SSSR count). The van der Waals surface area contributed by atoms with E-state index in [4.69, 9.17) is 9.47 Å². The van der Waals surface area contributed by atoms with E-state index < -0.39 is 0 Å². The number of rotatable bonds is 7. The molecule has 2 aromatic rings. The summed E-state index contributed by atoms with van der Waals surface area (Å²) in [5.74, 6) is 1.28. The highest BCUT2D eigenvalue weighted by atomic mass is 16.5. The largest absolute Gasteiger partial charge is 0.493 e.